The van der Waals surface area contributed by atoms with E-state index in [-0.39, 0.29) is 12.1 Å². The minimum Gasteiger partial charge on any atom is -0.406 e. The number of anilines is 1. The van der Waals surface area contributed by atoms with Crippen molar-refractivity contribution in [1.82, 2.24) is 15.5 Å². The fourth-order valence-electron chi connectivity index (χ4n) is 2.01. The molecule has 2 unspecified atom stereocenters. The zero-order chi connectivity index (χ0) is 15.2. The van der Waals surface area contributed by atoms with E-state index in [1.807, 2.05) is 38.1 Å². The molecule has 0 aliphatic heterocycles. The van der Waals surface area contributed by atoms with Gasteiger partial charge in [-0.2, -0.15) is 0 Å². The Labute approximate surface area is 130 Å². The first-order valence-corrected chi connectivity index (χ1v) is 7.57. The van der Waals surface area contributed by atoms with Crippen molar-refractivity contribution in [2.75, 3.05) is 11.9 Å². The fourth-order valence-corrected chi connectivity index (χ4v) is 2.30. The van der Waals surface area contributed by atoms with Crippen LogP contribution in [-0.4, -0.2) is 16.7 Å². The van der Waals surface area contributed by atoms with E-state index in [9.17, 15) is 0 Å². The van der Waals surface area contributed by atoms with Gasteiger partial charge in [0.05, 0.1) is 12.1 Å². The molecule has 1 aromatic heterocycles. The SMILES string of the molecule is CCCNC(C)c1nnc(NC(C)c2ccccc2Cl)o1. The molecule has 0 saturated carbocycles. The van der Waals surface area contributed by atoms with Crippen molar-refractivity contribution in [3.05, 3.63) is 40.7 Å². The largest absolute Gasteiger partial charge is 0.406 e. The van der Waals surface area contributed by atoms with Gasteiger partial charge in [0.2, 0.25) is 5.89 Å². The Morgan fingerprint density at radius 1 is 1.19 bits per heavy atom. The Hall–Kier alpha value is -1.59. The molecule has 0 radical (unpaired) electrons. The Bertz CT molecular complexity index is 572. The van der Waals surface area contributed by atoms with Crippen molar-refractivity contribution in [1.29, 1.82) is 0 Å². The number of benzene rings is 1. The van der Waals surface area contributed by atoms with Gasteiger partial charge in [-0.1, -0.05) is 41.8 Å². The van der Waals surface area contributed by atoms with Crippen molar-refractivity contribution >= 4 is 17.6 Å². The van der Waals surface area contributed by atoms with Crippen LogP contribution in [0.4, 0.5) is 6.01 Å². The summed E-state index contributed by atoms with van der Waals surface area (Å²) < 4.78 is 5.64. The standard InChI is InChI=1S/C15H21ClN4O/c1-4-9-17-11(3)14-19-20-15(21-14)18-10(2)12-7-5-6-8-13(12)16/h5-8,10-11,17H,4,9H2,1-3H3,(H,18,20). The lowest BCUT2D eigenvalue weighted by Crippen LogP contribution is -2.19. The molecule has 0 bridgehead atoms. The van der Waals surface area contributed by atoms with Crippen LogP contribution in [0.3, 0.4) is 0 Å². The Balaban J connectivity index is 2.00. The summed E-state index contributed by atoms with van der Waals surface area (Å²) in [4.78, 5) is 0. The second-order valence-corrected chi connectivity index (χ2v) is 5.42. The average Bonchev–Trinajstić information content (AvgIpc) is 2.93. The third kappa shape index (κ3) is 4.19. The molecular formula is C15H21ClN4O. The van der Waals surface area contributed by atoms with Gasteiger partial charge in [0, 0.05) is 5.02 Å². The second-order valence-electron chi connectivity index (χ2n) is 5.01. The molecule has 2 atom stereocenters. The van der Waals surface area contributed by atoms with Gasteiger partial charge >= 0.3 is 6.01 Å². The normalized spacial score (nSPS) is 13.9. The zero-order valence-corrected chi connectivity index (χ0v) is 13.3. The second kappa shape index (κ2) is 7.43. The lowest BCUT2D eigenvalue weighted by atomic mass is 10.1. The third-order valence-electron chi connectivity index (χ3n) is 3.22. The van der Waals surface area contributed by atoms with E-state index in [4.69, 9.17) is 16.0 Å². The van der Waals surface area contributed by atoms with Crippen LogP contribution >= 0.6 is 11.6 Å². The molecular weight excluding hydrogens is 288 g/mol. The van der Waals surface area contributed by atoms with Crippen molar-refractivity contribution in [3.8, 4) is 0 Å². The molecule has 0 fully saturated rings. The maximum atomic E-state index is 6.18. The van der Waals surface area contributed by atoms with Crippen molar-refractivity contribution in [3.63, 3.8) is 0 Å². The number of nitrogens with zero attached hydrogens (tertiary/aromatic N) is 2. The predicted molar refractivity (Wildman–Crippen MR) is 84.5 cm³/mol. The highest BCUT2D eigenvalue weighted by Crippen LogP contribution is 2.25. The number of hydrogen-bond donors (Lipinski definition) is 2. The third-order valence-corrected chi connectivity index (χ3v) is 3.57. The molecule has 0 saturated heterocycles. The molecule has 0 spiro atoms. The summed E-state index contributed by atoms with van der Waals surface area (Å²) in [6.07, 6.45) is 1.06. The van der Waals surface area contributed by atoms with Crippen molar-refractivity contribution in [2.45, 2.75) is 39.3 Å². The highest BCUT2D eigenvalue weighted by molar-refractivity contribution is 6.31. The molecule has 2 aromatic rings. The monoisotopic (exact) mass is 308 g/mol. The topological polar surface area (TPSA) is 63.0 Å². The first kappa shape index (κ1) is 15.8. The molecule has 2 N–H and O–H groups in total. The maximum Gasteiger partial charge on any atom is 0.316 e. The Morgan fingerprint density at radius 2 is 1.95 bits per heavy atom. The number of nitrogens with one attached hydrogen (secondary N) is 2. The minimum atomic E-state index is -0.00842. The first-order chi connectivity index (χ1) is 10.1. The van der Waals surface area contributed by atoms with Gasteiger partial charge in [-0.3, -0.25) is 0 Å². The highest BCUT2D eigenvalue weighted by Gasteiger charge is 2.16. The summed E-state index contributed by atoms with van der Waals surface area (Å²) in [5.41, 5.74) is 0.996. The van der Waals surface area contributed by atoms with E-state index >= 15 is 0 Å². The van der Waals surface area contributed by atoms with Gasteiger partial charge in [-0.15, -0.1) is 5.10 Å². The van der Waals surface area contributed by atoms with Gasteiger partial charge in [0.15, 0.2) is 0 Å². The maximum absolute atomic E-state index is 6.18. The minimum absolute atomic E-state index is 0.00842. The quantitative estimate of drug-likeness (QED) is 0.810. The van der Waals surface area contributed by atoms with Gasteiger partial charge in [-0.05, 0) is 38.4 Å². The number of hydrogen-bond acceptors (Lipinski definition) is 5. The van der Waals surface area contributed by atoms with Crippen LogP contribution in [0.1, 0.15) is 50.7 Å². The van der Waals surface area contributed by atoms with Crippen molar-refractivity contribution in [2.24, 2.45) is 0 Å². The number of aromatic nitrogens is 2. The van der Waals surface area contributed by atoms with Crippen molar-refractivity contribution < 1.29 is 4.42 Å². The molecule has 0 aliphatic rings. The van der Waals surface area contributed by atoms with Gasteiger partial charge < -0.3 is 15.1 Å². The summed E-state index contributed by atoms with van der Waals surface area (Å²) in [7, 11) is 0. The van der Waals surface area contributed by atoms with E-state index in [1.54, 1.807) is 0 Å². The molecule has 1 heterocycles. The van der Waals surface area contributed by atoms with Crippen LogP contribution in [0, 0.1) is 0 Å². The van der Waals surface area contributed by atoms with Crippen LogP contribution in [0.25, 0.3) is 0 Å². The highest BCUT2D eigenvalue weighted by atomic mass is 35.5. The summed E-state index contributed by atoms with van der Waals surface area (Å²) in [6.45, 7) is 7.04. The molecule has 0 amide bonds. The van der Waals surface area contributed by atoms with Gasteiger partial charge in [0.25, 0.3) is 0 Å². The molecule has 2 rings (SSSR count). The first-order valence-electron chi connectivity index (χ1n) is 7.19. The molecule has 5 nitrogen and oxygen atoms in total. The Morgan fingerprint density at radius 3 is 2.67 bits per heavy atom. The van der Waals surface area contributed by atoms with E-state index < -0.39 is 0 Å². The molecule has 6 heteroatoms. The summed E-state index contributed by atoms with van der Waals surface area (Å²) in [5.74, 6) is 0.581. The molecule has 1 aromatic carbocycles. The van der Waals surface area contributed by atoms with Gasteiger partial charge in [0.1, 0.15) is 0 Å². The van der Waals surface area contributed by atoms with E-state index in [0.717, 1.165) is 23.6 Å². The number of rotatable bonds is 7. The van der Waals surface area contributed by atoms with E-state index in [2.05, 4.69) is 27.8 Å². The number of halogens is 1. The van der Waals surface area contributed by atoms with E-state index in [1.165, 1.54) is 0 Å². The molecule has 114 valence electrons. The van der Waals surface area contributed by atoms with Crippen LogP contribution < -0.4 is 10.6 Å². The lowest BCUT2D eigenvalue weighted by Gasteiger charge is -2.13. The zero-order valence-electron chi connectivity index (χ0n) is 12.6. The summed E-state index contributed by atoms with van der Waals surface area (Å²) in [6, 6.07) is 8.14. The average molecular weight is 309 g/mol. The smallest absolute Gasteiger partial charge is 0.316 e. The van der Waals surface area contributed by atoms with Crippen LogP contribution in [0.2, 0.25) is 5.02 Å². The molecule has 21 heavy (non-hydrogen) atoms. The van der Waals surface area contributed by atoms with E-state index in [0.29, 0.717) is 11.9 Å². The Kier molecular flexibility index (Phi) is 5.59. The van der Waals surface area contributed by atoms with Crippen LogP contribution in [-0.2, 0) is 0 Å². The van der Waals surface area contributed by atoms with Crippen LogP contribution in [0.15, 0.2) is 28.7 Å². The van der Waals surface area contributed by atoms with Gasteiger partial charge in [-0.25, -0.2) is 0 Å². The van der Waals surface area contributed by atoms with Crippen LogP contribution in [0.5, 0.6) is 0 Å². The fraction of sp³-hybridized carbons (Fsp3) is 0.467. The molecule has 0 aliphatic carbocycles. The summed E-state index contributed by atoms with van der Waals surface area (Å²) >= 11 is 6.18. The lowest BCUT2D eigenvalue weighted by molar-refractivity contribution is 0.421. The summed E-state index contributed by atoms with van der Waals surface area (Å²) in [5, 5.41) is 15.3. The predicted octanol–water partition coefficient (Wildman–Crippen LogP) is 3.96.